The molecule has 3 nitrogen and oxygen atoms in total. The summed E-state index contributed by atoms with van der Waals surface area (Å²) in [5, 5.41) is 0.668. The van der Waals surface area contributed by atoms with Crippen LogP contribution in [0.3, 0.4) is 0 Å². The first-order valence-corrected chi connectivity index (χ1v) is 7.55. The lowest BCUT2D eigenvalue weighted by Crippen LogP contribution is -2.22. The standard InChI is InChI=1S/C15H19N3S/c1-11-4-2-5-12(8-11)14-6-3-7-18(14)10-13-9-17-15(16)19-13/h2,4-5,8-9,14H,3,6-7,10H2,1H3,(H2,16,17). The number of likely N-dealkylation sites (tertiary alicyclic amines) is 1. The Morgan fingerprint density at radius 1 is 1.47 bits per heavy atom. The van der Waals surface area contributed by atoms with Crippen molar-refractivity contribution in [3.63, 3.8) is 0 Å². The molecule has 2 N–H and O–H groups in total. The van der Waals surface area contributed by atoms with Crippen LogP contribution in [0.5, 0.6) is 0 Å². The van der Waals surface area contributed by atoms with Crippen molar-refractivity contribution in [3.05, 3.63) is 46.5 Å². The zero-order valence-electron chi connectivity index (χ0n) is 11.2. The summed E-state index contributed by atoms with van der Waals surface area (Å²) in [6, 6.07) is 9.42. The van der Waals surface area contributed by atoms with Gasteiger partial charge in [0.2, 0.25) is 0 Å². The maximum absolute atomic E-state index is 5.71. The third-order valence-electron chi connectivity index (χ3n) is 3.72. The molecular formula is C15H19N3S. The highest BCUT2D eigenvalue weighted by molar-refractivity contribution is 7.15. The van der Waals surface area contributed by atoms with Gasteiger partial charge in [-0.1, -0.05) is 29.8 Å². The van der Waals surface area contributed by atoms with Crippen LogP contribution in [0, 0.1) is 6.92 Å². The summed E-state index contributed by atoms with van der Waals surface area (Å²) in [4.78, 5) is 7.94. The quantitative estimate of drug-likeness (QED) is 0.932. The van der Waals surface area contributed by atoms with Crippen molar-refractivity contribution >= 4 is 16.5 Å². The number of rotatable bonds is 3. The SMILES string of the molecule is Cc1cccc(C2CCCN2Cc2cnc(N)s2)c1. The third-order valence-corrected chi connectivity index (χ3v) is 4.53. The molecule has 100 valence electrons. The van der Waals surface area contributed by atoms with Crippen molar-refractivity contribution in [1.82, 2.24) is 9.88 Å². The Balaban J connectivity index is 1.78. The van der Waals surface area contributed by atoms with Crippen LogP contribution in [0.25, 0.3) is 0 Å². The summed E-state index contributed by atoms with van der Waals surface area (Å²) >= 11 is 1.60. The Hall–Kier alpha value is -1.39. The number of benzene rings is 1. The lowest BCUT2D eigenvalue weighted by Gasteiger charge is -2.24. The lowest BCUT2D eigenvalue weighted by atomic mass is 10.0. The van der Waals surface area contributed by atoms with Gasteiger partial charge < -0.3 is 5.73 Å². The number of nitrogens with zero attached hydrogens (tertiary/aromatic N) is 2. The Morgan fingerprint density at radius 3 is 3.11 bits per heavy atom. The highest BCUT2D eigenvalue weighted by Crippen LogP contribution is 2.34. The van der Waals surface area contributed by atoms with Gasteiger partial charge in [-0.15, -0.1) is 11.3 Å². The average Bonchev–Trinajstić information content (AvgIpc) is 2.99. The second-order valence-corrected chi connectivity index (χ2v) is 6.35. The van der Waals surface area contributed by atoms with Crippen LogP contribution in [-0.4, -0.2) is 16.4 Å². The van der Waals surface area contributed by atoms with Gasteiger partial charge in [0.1, 0.15) is 0 Å². The van der Waals surface area contributed by atoms with E-state index in [2.05, 4.69) is 41.1 Å². The maximum atomic E-state index is 5.71. The van der Waals surface area contributed by atoms with E-state index >= 15 is 0 Å². The highest BCUT2D eigenvalue weighted by Gasteiger charge is 2.26. The first-order valence-electron chi connectivity index (χ1n) is 6.73. The van der Waals surface area contributed by atoms with E-state index in [4.69, 9.17) is 5.73 Å². The monoisotopic (exact) mass is 273 g/mol. The number of aromatic nitrogens is 1. The molecule has 1 aliphatic heterocycles. The molecule has 0 aliphatic carbocycles. The van der Waals surface area contributed by atoms with Gasteiger partial charge in [-0.2, -0.15) is 0 Å². The molecule has 0 radical (unpaired) electrons. The fourth-order valence-electron chi connectivity index (χ4n) is 2.87. The number of nitrogen functional groups attached to an aromatic ring is 1. The van der Waals surface area contributed by atoms with Crippen LogP contribution in [0.15, 0.2) is 30.5 Å². The van der Waals surface area contributed by atoms with Crippen molar-refractivity contribution in [2.75, 3.05) is 12.3 Å². The summed E-state index contributed by atoms with van der Waals surface area (Å²) < 4.78 is 0. The number of hydrogen-bond donors (Lipinski definition) is 1. The molecule has 1 aromatic heterocycles. The van der Waals surface area contributed by atoms with Gasteiger partial charge in [0.15, 0.2) is 5.13 Å². The van der Waals surface area contributed by atoms with E-state index in [9.17, 15) is 0 Å². The van der Waals surface area contributed by atoms with E-state index in [1.807, 2.05) is 6.20 Å². The van der Waals surface area contributed by atoms with Crippen LogP contribution in [-0.2, 0) is 6.54 Å². The van der Waals surface area contributed by atoms with Crippen molar-refractivity contribution in [2.45, 2.75) is 32.4 Å². The van der Waals surface area contributed by atoms with Gasteiger partial charge >= 0.3 is 0 Å². The molecule has 1 saturated heterocycles. The summed E-state index contributed by atoms with van der Waals surface area (Å²) in [6.07, 6.45) is 4.43. The summed E-state index contributed by atoms with van der Waals surface area (Å²) in [5.74, 6) is 0. The zero-order chi connectivity index (χ0) is 13.2. The molecule has 0 spiro atoms. The van der Waals surface area contributed by atoms with E-state index in [0.717, 1.165) is 13.1 Å². The molecule has 19 heavy (non-hydrogen) atoms. The molecule has 0 saturated carbocycles. The number of anilines is 1. The summed E-state index contributed by atoms with van der Waals surface area (Å²) in [5.41, 5.74) is 8.49. The van der Waals surface area contributed by atoms with Gasteiger partial charge in [-0.3, -0.25) is 4.90 Å². The smallest absolute Gasteiger partial charge is 0.180 e. The minimum Gasteiger partial charge on any atom is -0.375 e. The minimum absolute atomic E-state index is 0.545. The summed E-state index contributed by atoms with van der Waals surface area (Å²) in [7, 11) is 0. The van der Waals surface area contributed by atoms with Crippen LogP contribution in [0.4, 0.5) is 5.13 Å². The largest absolute Gasteiger partial charge is 0.375 e. The van der Waals surface area contributed by atoms with E-state index in [-0.39, 0.29) is 0 Å². The minimum atomic E-state index is 0.545. The fourth-order valence-corrected chi connectivity index (χ4v) is 3.58. The molecule has 1 fully saturated rings. The first-order chi connectivity index (χ1) is 9.22. The number of aryl methyl sites for hydroxylation is 1. The third kappa shape index (κ3) is 2.80. The van der Waals surface area contributed by atoms with Crippen molar-refractivity contribution < 1.29 is 0 Å². The van der Waals surface area contributed by atoms with Crippen LogP contribution in [0.1, 0.15) is 34.9 Å². The molecule has 2 aromatic rings. The zero-order valence-corrected chi connectivity index (χ0v) is 12.0. The summed E-state index contributed by atoms with van der Waals surface area (Å²) in [6.45, 7) is 4.29. The molecule has 3 rings (SSSR count). The fraction of sp³-hybridized carbons (Fsp3) is 0.400. The molecule has 1 atom stereocenters. The van der Waals surface area contributed by atoms with Gasteiger partial charge in [0.25, 0.3) is 0 Å². The predicted octanol–water partition coefficient (Wildman–Crippen LogP) is 3.37. The van der Waals surface area contributed by atoms with E-state index in [1.165, 1.54) is 28.8 Å². The second-order valence-electron chi connectivity index (χ2n) is 5.21. The highest BCUT2D eigenvalue weighted by atomic mass is 32.1. The van der Waals surface area contributed by atoms with Gasteiger partial charge in [0.05, 0.1) is 0 Å². The van der Waals surface area contributed by atoms with Crippen molar-refractivity contribution in [2.24, 2.45) is 0 Å². The normalized spacial score (nSPS) is 19.9. The van der Waals surface area contributed by atoms with Crippen molar-refractivity contribution in [3.8, 4) is 0 Å². The molecule has 1 aliphatic rings. The van der Waals surface area contributed by atoms with Gasteiger partial charge in [-0.05, 0) is 31.9 Å². The topological polar surface area (TPSA) is 42.2 Å². The Labute approximate surface area is 118 Å². The maximum Gasteiger partial charge on any atom is 0.180 e. The Morgan fingerprint density at radius 2 is 2.37 bits per heavy atom. The molecule has 0 bridgehead atoms. The van der Waals surface area contributed by atoms with Crippen LogP contribution >= 0.6 is 11.3 Å². The second kappa shape index (κ2) is 5.31. The lowest BCUT2D eigenvalue weighted by molar-refractivity contribution is 0.250. The molecule has 4 heteroatoms. The van der Waals surface area contributed by atoms with Crippen molar-refractivity contribution in [1.29, 1.82) is 0 Å². The molecule has 2 heterocycles. The molecular weight excluding hydrogens is 254 g/mol. The average molecular weight is 273 g/mol. The van der Waals surface area contributed by atoms with Gasteiger partial charge in [0, 0.05) is 23.7 Å². The Kier molecular flexibility index (Phi) is 3.53. The number of thiazole rings is 1. The molecule has 0 amide bonds. The van der Waals surface area contributed by atoms with E-state index < -0.39 is 0 Å². The first kappa shape index (κ1) is 12.6. The number of hydrogen-bond acceptors (Lipinski definition) is 4. The Bertz CT molecular complexity index is 564. The van der Waals surface area contributed by atoms with E-state index in [1.54, 1.807) is 11.3 Å². The number of nitrogens with two attached hydrogens (primary N) is 1. The van der Waals surface area contributed by atoms with Crippen LogP contribution in [0.2, 0.25) is 0 Å². The van der Waals surface area contributed by atoms with Crippen LogP contribution < -0.4 is 5.73 Å². The van der Waals surface area contributed by atoms with E-state index in [0.29, 0.717) is 11.2 Å². The predicted molar refractivity (Wildman–Crippen MR) is 80.1 cm³/mol. The molecule has 1 unspecified atom stereocenters. The van der Waals surface area contributed by atoms with Gasteiger partial charge in [-0.25, -0.2) is 4.98 Å². The molecule has 1 aromatic carbocycles.